The third-order valence-electron chi connectivity index (χ3n) is 5.17. The van der Waals surface area contributed by atoms with E-state index in [0.717, 1.165) is 5.56 Å². The number of hydrogen-bond donors (Lipinski definition) is 2. The maximum atomic E-state index is 12.6. The summed E-state index contributed by atoms with van der Waals surface area (Å²) in [5.41, 5.74) is 2.18. The zero-order valence-electron chi connectivity index (χ0n) is 17.7. The van der Waals surface area contributed by atoms with E-state index in [0.29, 0.717) is 34.1 Å². The molecule has 1 aliphatic heterocycles. The van der Waals surface area contributed by atoms with Gasteiger partial charge in [-0.1, -0.05) is 29.8 Å². The molecule has 0 aliphatic carbocycles. The SMILES string of the molecule is COc1ccccc1CCNC(=O)C(=O)Nc1c2c(nn1-c1ccc(Cl)cc1)CS(=O)(=O)C2. The van der Waals surface area contributed by atoms with E-state index in [-0.39, 0.29) is 23.9 Å². The van der Waals surface area contributed by atoms with E-state index in [9.17, 15) is 18.0 Å². The third-order valence-corrected chi connectivity index (χ3v) is 6.86. The fourth-order valence-electron chi connectivity index (χ4n) is 3.60. The summed E-state index contributed by atoms with van der Waals surface area (Å²) < 4.78 is 30.8. The molecule has 0 fully saturated rings. The van der Waals surface area contributed by atoms with Crippen molar-refractivity contribution in [1.82, 2.24) is 15.1 Å². The summed E-state index contributed by atoms with van der Waals surface area (Å²) in [6.07, 6.45) is 0.472. The summed E-state index contributed by atoms with van der Waals surface area (Å²) in [4.78, 5) is 25.0. The molecule has 2 N–H and O–H groups in total. The number of ether oxygens (including phenoxy) is 1. The minimum atomic E-state index is -3.36. The van der Waals surface area contributed by atoms with Crippen LogP contribution in [0.4, 0.5) is 5.82 Å². The molecule has 9 nitrogen and oxygen atoms in total. The number of rotatable bonds is 6. The van der Waals surface area contributed by atoms with Crippen molar-refractivity contribution in [2.45, 2.75) is 17.9 Å². The minimum Gasteiger partial charge on any atom is -0.496 e. The van der Waals surface area contributed by atoms with Gasteiger partial charge in [0.2, 0.25) is 0 Å². The number of nitrogens with one attached hydrogen (secondary N) is 2. The molecule has 0 unspecified atom stereocenters. The first-order chi connectivity index (χ1) is 15.8. The Labute approximate surface area is 195 Å². The molecule has 2 amide bonds. The summed E-state index contributed by atoms with van der Waals surface area (Å²) in [6.45, 7) is 0.218. The normalized spacial score (nSPS) is 13.9. The second-order valence-corrected chi connectivity index (χ2v) is 9.97. The average Bonchev–Trinajstić information content (AvgIpc) is 3.26. The van der Waals surface area contributed by atoms with Gasteiger partial charge in [0.15, 0.2) is 9.84 Å². The maximum absolute atomic E-state index is 12.6. The van der Waals surface area contributed by atoms with Crippen LogP contribution in [0.3, 0.4) is 0 Å². The van der Waals surface area contributed by atoms with Crippen molar-refractivity contribution in [2.24, 2.45) is 0 Å². The Morgan fingerprint density at radius 2 is 1.82 bits per heavy atom. The number of hydrogen-bond acceptors (Lipinski definition) is 6. The lowest BCUT2D eigenvalue weighted by atomic mass is 10.1. The first-order valence-electron chi connectivity index (χ1n) is 10.1. The largest absolute Gasteiger partial charge is 0.496 e. The van der Waals surface area contributed by atoms with Crippen molar-refractivity contribution in [3.8, 4) is 11.4 Å². The monoisotopic (exact) mass is 488 g/mol. The Morgan fingerprint density at radius 3 is 2.55 bits per heavy atom. The van der Waals surface area contributed by atoms with Gasteiger partial charge >= 0.3 is 11.8 Å². The zero-order chi connectivity index (χ0) is 23.6. The summed E-state index contributed by atoms with van der Waals surface area (Å²) in [7, 11) is -1.80. The van der Waals surface area contributed by atoms with Crippen LogP contribution in [0.1, 0.15) is 16.8 Å². The number of sulfone groups is 1. The van der Waals surface area contributed by atoms with Gasteiger partial charge in [-0.2, -0.15) is 5.10 Å². The number of fused-ring (bicyclic) bond motifs is 1. The molecule has 1 aromatic heterocycles. The first kappa shape index (κ1) is 22.8. The van der Waals surface area contributed by atoms with Crippen LogP contribution in [0.5, 0.6) is 5.75 Å². The fourth-order valence-corrected chi connectivity index (χ4v) is 5.22. The standard InChI is InChI=1S/C22H21ClN4O5S/c1-32-19-5-3-2-4-14(19)10-11-24-21(28)22(29)25-20-17-12-33(30,31)13-18(17)26-27(20)16-8-6-15(23)7-9-16/h2-9H,10-13H2,1H3,(H,24,28)(H,25,29). The number of halogens is 1. The molecule has 11 heteroatoms. The van der Waals surface area contributed by atoms with Crippen LogP contribution in [0.2, 0.25) is 5.02 Å². The van der Waals surface area contributed by atoms with Gasteiger partial charge in [0.05, 0.1) is 30.0 Å². The molecule has 0 atom stereocenters. The number of aromatic nitrogens is 2. The van der Waals surface area contributed by atoms with Crippen molar-refractivity contribution in [1.29, 1.82) is 0 Å². The number of benzene rings is 2. The van der Waals surface area contributed by atoms with Gasteiger partial charge in [0, 0.05) is 17.1 Å². The zero-order valence-corrected chi connectivity index (χ0v) is 19.2. The second kappa shape index (κ2) is 9.24. The Morgan fingerprint density at radius 1 is 1.09 bits per heavy atom. The molecule has 0 saturated carbocycles. The van der Waals surface area contributed by atoms with Crippen LogP contribution in [-0.2, 0) is 37.4 Å². The molecule has 0 spiro atoms. The molecule has 2 heterocycles. The van der Waals surface area contributed by atoms with Crippen molar-refractivity contribution in [2.75, 3.05) is 19.0 Å². The molecule has 4 rings (SSSR count). The molecule has 172 valence electrons. The predicted octanol–water partition coefficient (Wildman–Crippen LogP) is 2.26. The molecule has 2 aromatic carbocycles. The smallest absolute Gasteiger partial charge is 0.314 e. The van der Waals surface area contributed by atoms with E-state index in [1.807, 2.05) is 24.3 Å². The number of nitrogens with zero attached hydrogens (tertiary/aromatic N) is 2. The summed E-state index contributed by atoms with van der Waals surface area (Å²) in [5.74, 6) is -1.41. The molecular formula is C22H21ClN4O5S. The summed E-state index contributed by atoms with van der Waals surface area (Å²) >= 11 is 5.95. The fraction of sp³-hybridized carbons (Fsp3) is 0.227. The van der Waals surface area contributed by atoms with E-state index in [4.69, 9.17) is 16.3 Å². The highest BCUT2D eigenvalue weighted by Gasteiger charge is 2.33. The van der Waals surface area contributed by atoms with Crippen LogP contribution in [0.15, 0.2) is 48.5 Å². The van der Waals surface area contributed by atoms with Gasteiger partial charge in [0.1, 0.15) is 11.6 Å². The predicted molar refractivity (Wildman–Crippen MR) is 123 cm³/mol. The molecule has 0 saturated heterocycles. The van der Waals surface area contributed by atoms with Gasteiger partial charge in [-0.25, -0.2) is 13.1 Å². The Kier molecular flexibility index (Phi) is 6.39. The highest BCUT2D eigenvalue weighted by Crippen LogP contribution is 2.33. The van der Waals surface area contributed by atoms with Crippen LogP contribution in [0.25, 0.3) is 5.69 Å². The number of methoxy groups -OCH3 is 1. The number of carbonyl (C=O) groups is 2. The van der Waals surface area contributed by atoms with Gasteiger partial charge < -0.3 is 15.4 Å². The van der Waals surface area contributed by atoms with Crippen LogP contribution in [-0.4, -0.2) is 43.7 Å². The van der Waals surface area contributed by atoms with Gasteiger partial charge in [-0.3, -0.25) is 9.59 Å². The molecule has 1 aliphatic rings. The lowest BCUT2D eigenvalue weighted by Gasteiger charge is -2.12. The summed E-state index contributed by atoms with van der Waals surface area (Å²) in [5, 5.41) is 9.98. The lowest BCUT2D eigenvalue weighted by Crippen LogP contribution is -2.37. The molecule has 0 radical (unpaired) electrons. The Balaban J connectivity index is 1.50. The average molecular weight is 489 g/mol. The Hall–Kier alpha value is -3.37. The molecular weight excluding hydrogens is 468 g/mol. The van der Waals surface area contributed by atoms with Gasteiger partial charge in [0.25, 0.3) is 0 Å². The van der Waals surface area contributed by atoms with Crippen LogP contribution >= 0.6 is 11.6 Å². The number of anilines is 1. The molecule has 0 bridgehead atoms. The quantitative estimate of drug-likeness (QED) is 0.514. The highest BCUT2D eigenvalue weighted by atomic mass is 35.5. The van der Waals surface area contributed by atoms with E-state index in [2.05, 4.69) is 15.7 Å². The topological polar surface area (TPSA) is 119 Å². The van der Waals surface area contributed by atoms with Crippen molar-refractivity contribution in [3.05, 3.63) is 70.4 Å². The van der Waals surface area contributed by atoms with Gasteiger partial charge in [-0.15, -0.1) is 0 Å². The lowest BCUT2D eigenvalue weighted by molar-refractivity contribution is -0.136. The van der Waals surface area contributed by atoms with Crippen molar-refractivity contribution in [3.63, 3.8) is 0 Å². The number of para-hydroxylation sites is 1. The van der Waals surface area contributed by atoms with E-state index in [1.165, 1.54) is 4.68 Å². The highest BCUT2D eigenvalue weighted by molar-refractivity contribution is 7.90. The molecule has 33 heavy (non-hydrogen) atoms. The first-order valence-corrected chi connectivity index (χ1v) is 12.3. The summed E-state index contributed by atoms with van der Waals surface area (Å²) in [6, 6.07) is 14.1. The van der Waals surface area contributed by atoms with Gasteiger partial charge in [-0.05, 0) is 42.3 Å². The van der Waals surface area contributed by atoms with E-state index < -0.39 is 21.7 Å². The second-order valence-electron chi connectivity index (χ2n) is 7.47. The number of carbonyl (C=O) groups excluding carboxylic acids is 2. The van der Waals surface area contributed by atoms with E-state index in [1.54, 1.807) is 31.4 Å². The maximum Gasteiger partial charge on any atom is 0.314 e. The van der Waals surface area contributed by atoms with E-state index >= 15 is 0 Å². The van der Waals surface area contributed by atoms with Crippen molar-refractivity contribution < 1.29 is 22.7 Å². The van der Waals surface area contributed by atoms with Crippen LogP contribution in [0, 0.1) is 0 Å². The number of amides is 2. The van der Waals surface area contributed by atoms with Crippen molar-refractivity contribution >= 4 is 39.1 Å². The van der Waals surface area contributed by atoms with Crippen LogP contribution < -0.4 is 15.4 Å². The molecule has 3 aromatic rings. The minimum absolute atomic E-state index is 0.151. The Bertz CT molecular complexity index is 1320. The third kappa shape index (κ3) is 5.01.